The molecule has 0 saturated carbocycles. The lowest BCUT2D eigenvalue weighted by molar-refractivity contribution is -0.137. The second kappa shape index (κ2) is 8.74. The summed E-state index contributed by atoms with van der Waals surface area (Å²) in [7, 11) is 0. The van der Waals surface area contributed by atoms with Gasteiger partial charge in [0.25, 0.3) is 0 Å². The number of amides is 2. The number of carboxylic acids is 1. The van der Waals surface area contributed by atoms with Gasteiger partial charge in [-0.15, -0.1) is 0 Å². The highest BCUT2D eigenvalue weighted by Crippen LogP contribution is 2.17. The first-order valence-electron chi connectivity index (χ1n) is 6.39. The van der Waals surface area contributed by atoms with E-state index in [9.17, 15) is 14.7 Å². The summed E-state index contributed by atoms with van der Waals surface area (Å²) in [6.45, 7) is 4.57. The number of aliphatic carboxylic acids is 1. The van der Waals surface area contributed by atoms with Crippen LogP contribution in [-0.2, 0) is 4.79 Å². The molecule has 106 valence electrons. The highest BCUT2D eigenvalue weighted by Gasteiger charge is 2.21. The van der Waals surface area contributed by atoms with Crippen LogP contribution < -0.4 is 10.6 Å². The topological polar surface area (TPSA) is 98.7 Å². The predicted octanol–water partition coefficient (Wildman–Crippen LogP) is 1.09. The smallest absolute Gasteiger partial charge is 0.314 e. The van der Waals surface area contributed by atoms with Gasteiger partial charge in [-0.2, -0.15) is 0 Å². The first kappa shape index (κ1) is 16.7. The largest absolute Gasteiger partial charge is 0.481 e. The Labute approximate surface area is 108 Å². The Morgan fingerprint density at radius 1 is 1.11 bits per heavy atom. The van der Waals surface area contributed by atoms with Gasteiger partial charge in [0, 0.05) is 19.5 Å². The van der Waals surface area contributed by atoms with E-state index in [-0.39, 0.29) is 12.5 Å². The molecule has 0 aliphatic rings. The number of carbonyl (C=O) groups is 2. The van der Waals surface area contributed by atoms with Gasteiger partial charge in [-0.05, 0) is 25.7 Å². The van der Waals surface area contributed by atoms with Gasteiger partial charge >= 0.3 is 12.0 Å². The van der Waals surface area contributed by atoms with Gasteiger partial charge in [0.15, 0.2) is 0 Å². The van der Waals surface area contributed by atoms with Gasteiger partial charge in [-0.1, -0.05) is 13.8 Å². The Morgan fingerprint density at radius 2 is 1.67 bits per heavy atom. The molecule has 0 saturated heterocycles. The van der Waals surface area contributed by atoms with E-state index in [2.05, 4.69) is 10.6 Å². The van der Waals surface area contributed by atoms with Gasteiger partial charge in [-0.25, -0.2) is 4.79 Å². The van der Waals surface area contributed by atoms with Gasteiger partial charge in [0.1, 0.15) is 0 Å². The fraction of sp³-hybridized carbons (Fsp3) is 0.833. The van der Waals surface area contributed by atoms with Crippen LogP contribution in [0.1, 0.15) is 46.0 Å². The van der Waals surface area contributed by atoms with Crippen LogP contribution in [0.2, 0.25) is 0 Å². The zero-order valence-electron chi connectivity index (χ0n) is 11.2. The summed E-state index contributed by atoms with van der Waals surface area (Å²) in [5, 5.41) is 23.6. The maximum Gasteiger partial charge on any atom is 0.314 e. The number of urea groups is 1. The molecule has 0 atom stereocenters. The summed E-state index contributed by atoms with van der Waals surface area (Å²) in [6, 6.07) is -0.324. The van der Waals surface area contributed by atoms with Crippen LogP contribution in [0.25, 0.3) is 0 Å². The molecule has 0 aromatic carbocycles. The minimum atomic E-state index is -0.867. The minimum absolute atomic E-state index is 0.0473. The van der Waals surface area contributed by atoms with Crippen LogP contribution in [0.3, 0.4) is 0 Å². The summed E-state index contributed by atoms with van der Waals surface area (Å²) >= 11 is 0. The second-order valence-corrected chi connectivity index (χ2v) is 4.36. The molecule has 6 nitrogen and oxygen atoms in total. The molecule has 0 aromatic heterocycles. The normalized spacial score (nSPS) is 11.1. The number of nitrogens with one attached hydrogen (secondary N) is 2. The minimum Gasteiger partial charge on any atom is -0.481 e. The van der Waals surface area contributed by atoms with Crippen LogP contribution in [0.15, 0.2) is 0 Å². The summed E-state index contributed by atoms with van der Waals surface area (Å²) < 4.78 is 0. The van der Waals surface area contributed by atoms with E-state index in [4.69, 9.17) is 5.11 Å². The SMILES string of the molecule is CCC(O)(CC)CCNC(=O)NCCCC(=O)O. The summed E-state index contributed by atoms with van der Waals surface area (Å²) in [4.78, 5) is 21.5. The fourth-order valence-corrected chi connectivity index (χ4v) is 1.52. The molecule has 0 aliphatic carbocycles. The first-order valence-corrected chi connectivity index (χ1v) is 6.39. The number of carboxylic acid groups (broad SMARTS) is 1. The van der Waals surface area contributed by atoms with Crippen molar-refractivity contribution in [3.05, 3.63) is 0 Å². The van der Waals surface area contributed by atoms with Gasteiger partial charge in [-0.3, -0.25) is 4.79 Å². The van der Waals surface area contributed by atoms with Crippen molar-refractivity contribution in [3.63, 3.8) is 0 Å². The van der Waals surface area contributed by atoms with Crippen molar-refractivity contribution in [1.29, 1.82) is 0 Å². The molecule has 0 radical (unpaired) electrons. The highest BCUT2D eigenvalue weighted by atomic mass is 16.4. The monoisotopic (exact) mass is 260 g/mol. The van der Waals surface area contributed by atoms with E-state index in [1.54, 1.807) is 0 Å². The zero-order valence-corrected chi connectivity index (χ0v) is 11.2. The van der Waals surface area contributed by atoms with Gasteiger partial charge in [0.2, 0.25) is 0 Å². The van der Waals surface area contributed by atoms with Crippen molar-refractivity contribution in [2.24, 2.45) is 0 Å². The molecular weight excluding hydrogens is 236 g/mol. The van der Waals surface area contributed by atoms with E-state index in [0.29, 0.717) is 38.8 Å². The van der Waals surface area contributed by atoms with Crippen LogP contribution >= 0.6 is 0 Å². The predicted molar refractivity (Wildman–Crippen MR) is 68.4 cm³/mol. The molecule has 4 N–H and O–H groups in total. The Hall–Kier alpha value is -1.30. The van der Waals surface area contributed by atoms with Crippen molar-refractivity contribution in [2.45, 2.75) is 51.6 Å². The Balaban J connectivity index is 3.62. The molecule has 18 heavy (non-hydrogen) atoms. The third-order valence-corrected chi connectivity index (χ3v) is 3.05. The Morgan fingerprint density at radius 3 is 2.17 bits per heavy atom. The Kier molecular flexibility index (Phi) is 8.11. The third-order valence-electron chi connectivity index (χ3n) is 3.05. The maximum absolute atomic E-state index is 11.3. The molecule has 0 spiro atoms. The van der Waals surface area contributed by atoms with Gasteiger partial charge in [0.05, 0.1) is 5.60 Å². The molecule has 2 amide bonds. The van der Waals surface area contributed by atoms with Gasteiger partial charge < -0.3 is 20.8 Å². The molecule has 0 unspecified atom stereocenters. The van der Waals surface area contributed by atoms with Crippen LogP contribution in [0, 0.1) is 0 Å². The van der Waals surface area contributed by atoms with Crippen LogP contribution in [-0.4, -0.2) is 40.9 Å². The number of hydrogen-bond donors (Lipinski definition) is 4. The summed E-state index contributed by atoms with van der Waals surface area (Å²) in [5.41, 5.74) is -0.712. The zero-order chi connectivity index (χ0) is 14.0. The quantitative estimate of drug-likeness (QED) is 0.466. The number of rotatable bonds is 9. The average molecular weight is 260 g/mol. The first-order chi connectivity index (χ1) is 8.43. The molecule has 0 rings (SSSR count). The van der Waals surface area contributed by atoms with E-state index in [0.717, 1.165) is 0 Å². The summed E-state index contributed by atoms with van der Waals surface area (Å²) in [5.74, 6) is -0.867. The molecule has 0 fully saturated rings. The lowest BCUT2D eigenvalue weighted by atomic mass is 9.94. The molecule has 0 aromatic rings. The van der Waals surface area contributed by atoms with E-state index >= 15 is 0 Å². The molecule has 0 heterocycles. The fourth-order valence-electron chi connectivity index (χ4n) is 1.52. The highest BCUT2D eigenvalue weighted by molar-refractivity contribution is 5.73. The van der Waals surface area contributed by atoms with Crippen molar-refractivity contribution in [1.82, 2.24) is 10.6 Å². The van der Waals surface area contributed by atoms with Crippen molar-refractivity contribution < 1.29 is 19.8 Å². The molecule has 6 heteroatoms. The van der Waals surface area contributed by atoms with Crippen LogP contribution in [0.5, 0.6) is 0 Å². The molecular formula is C12H24N2O4. The lowest BCUT2D eigenvalue weighted by Crippen LogP contribution is -2.39. The molecule has 0 aliphatic heterocycles. The van der Waals surface area contributed by atoms with Crippen molar-refractivity contribution >= 4 is 12.0 Å². The van der Waals surface area contributed by atoms with E-state index < -0.39 is 11.6 Å². The lowest BCUT2D eigenvalue weighted by Gasteiger charge is -2.25. The van der Waals surface area contributed by atoms with Crippen molar-refractivity contribution in [2.75, 3.05) is 13.1 Å². The molecule has 0 bridgehead atoms. The summed E-state index contributed by atoms with van der Waals surface area (Å²) in [6.07, 6.45) is 2.29. The number of aliphatic hydroxyl groups is 1. The maximum atomic E-state index is 11.3. The number of hydrogen-bond acceptors (Lipinski definition) is 3. The van der Waals surface area contributed by atoms with Crippen LogP contribution in [0.4, 0.5) is 4.79 Å². The third kappa shape index (κ3) is 7.89. The van der Waals surface area contributed by atoms with E-state index in [1.807, 2.05) is 13.8 Å². The average Bonchev–Trinajstić information content (AvgIpc) is 2.34. The van der Waals surface area contributed by atoms with Crippen molar-refractivity contribution in [3.8, 4) is 0 Å². The van der Waals surface area contributed by atoms with E-state index in [1.165, 1.54) is 0 Å². The standard InChI is InChI=1S/C12H24N2O4/c1-3-12(18,4-2)7-9-14-11(17)13-8-5-6-10(15)16/h18H,3-9H2,1-2H3,(H,15,16)(H2,13,14,17). The number of carbonyl (C=O) groups excluding carboxylic acids is 1. The second-order valence-electron chi connectivity index (χ2n) is 4.36. The Bertz CT molecular complexity index is 265.